The Balaban J connectivity index is 2.05. The maximum absolute atomic E-state index is 5.69. The molecule has 0 saturated heterocycles. The number of nitrogens with zero attached hydrogens (tertiary/aromatic N) is 1. The van der Waals surface area contributed by atoms with Gasteiger partial charge in [0.05, 0.1) is 6.61 Å². The highest BCUT2D eigenvalue weighted by atomic mass is 16.5. The maximum atomic E-state index is 5.69. The van der Waals surface area contributed by atoms with E-state index in [2.05, 4.69) is 46.8 Å². The smallest absolute Gasteiger partial charge is 0.191 e. The summed E-state index contributed by atoms with van der Waals surface area (Å²) in [6.07, 6.45) is 4.08. The van der Waals surface area contributed by atoms with Gasteiger partial charge in [-0.15, -0.1) is 0 Å². The topological polar surface area (TPSA) is 54.9 Å². The van der Waals surface area contributed by atoms with Gasteiger partial charge in [-0.05, 0) is 45.1 Å². The van der Waals surface area contributed by atoms with Gasteiger partial charge in [0.25, 0.3) is 0 Å². The molecule has 0 atom stereocenters. The number of nitrogens with one attached hydrogen (secondary N) is 2. The predicted molar refractivity (Wildman–Crippen MR) is 105 cm³/mol. The van der Waals surface area contributed by atoms with Crippen LogP contribution in [0.15, 0.2) is 35.3 Å². The highest BCUT2D eigenvalue weighted by molar-refractivity contribution is 5.79. The number of aliphatic imine (C=N–C) groups is 1. The molecule has 0 radical (unpaired) electrons. The Kier molecular flexibility index (Phi) is 13.7. The van der Waals surface area contributed by atoms with E-state index in [1.165, 1.54) is 5.56 Å². The number of hydrogen-bond donors (Lipinski definition) is 2. The van der Waals surface area contributed by atoms with E-state index in [0.29, 0.717) is 0 Å². The molecule has 1 rings (SSSR count). The molecule has 1 aromatic carbocycles. The molecule has 5 heteroatoms. The third kappa shape index (κ3) is 12.4. The van der Waals surface area contributed by atoms with Gasteiger partial charge in [-0.1, -0.05) is 30.3 Å². The quantitative estimate of drug-likeness (QED) is 0.308. The maximum Gasteiger partial charge on any atom is 0.191 e. The molecule has 0 unspecified atom stereocenters. The molecule has 0 saturated carbocycles. The first-order chi connectivity index (χ1) is 12.4. The zero-order valence-corrected chi connectivity index (χ0v) is 15.9. The minimum absolute atomic E-state index is 0.754. The fourth-order valence-corrected chi connectivity index (χ4v) is 2.32. The van der Waals surface area contributed by atoms with Gasteiger partial charge in [-0.2, -0.15) is 0 Å². The molecule has 0 aliphatic rings. The normalized spacial score (nSPS) is 11.5. The van der Waals surface area contributed by atoms with Crippen molar-refractivity contribution < 1.29 is 9.47 Å². The van der Waals surface area contributed by atoms with Crippen molar-refractivity contribution in [2.45, 2.75) is 39.5 Å². The lowest BCUT2D eigenvalue weighted by Crippen LogP contribution is -2.38. The molecule has 0 spiro atoms. The fraction of sp³-hybridized carbons (Fsp3) is 0.650. The van der Waals surface area contributed by atoms with Crippen molar-refractivity contribution in [1.82, 2.24) is 10.6 Å². The molecule has 1 aromatic rings. The molecule has 25 heavy (non-hydrogen) atoms. The van der Waals surface area contributed by atoms with Crippen LogP contribution >= 0.6 is 0 Å². The number of unbranched alkanes of at least 4 members (excludes halogenated alkanes) is 1. The van der Waals surface area contributed by atoms with Crippen LogP contribution < -0.4 is 10.6 Å². The van der Waals surface area contributed by atoms with Crippen LogP contribution in [-0.2, 0) is 15.9 Å². The first kappa shape index (κ1) is 21.5. The molecule has 0 aliphatic carbocycles. The summed E-state index contributed by atoms with van der Waals surface area (Å²) in [5.74, 6) is 0.892. The van der Waals surface area contributed by atoms with Gasteiger partial charge in [-0.25, -0.2) is 0 Å². The minimum Gasteiger partial charge on any atom is -0.382 e. The lowest BCUT2D eigenvalue weighted by Gasteiger charge is -2.11. The van der Waals surface area contributed by atoms with Gasteiger partial charge in [0.15, 0.2) is 5.96 Å². The third-order valence-electron chi connectivity index (χ3n) is 3.65. The molecule has 2 N–H and O–H groups in total. The van der Waals surface area contributed by atoms with Crippen LogP contribution in [0.4, 0.5) is 0 Å². The van der Waals surface area contributed by atoms with E-state index in [-0.39, 0.29) is 0 Å². The van der Waals surface area contributed by atoms with Crippen molar-refractivity contribution in [2.75, 3.05) is 46.1 Å². The molecule has 0 fully saturated rings. The highest BCUT2D eigenvalue weighted by Crippen LogP contribution is 1.99. The van der Waals surface area contributed by atoms with E-state index < -0.39 is 0 Å². The molecule has 0 amide bonds. The number of rotatable bonds is 14. The van der Waals surface area contributed by atoms with E-state index >= 15 is 0 Å². The Bertz CT molecular complexity index is 438. The van der Waals surface area contributed by atoms with Crippen LogP contribution in [0, 0.1) is 0 Å². The predicted octanol–water partition coefficient (Wildman–Crippen LogP) is 3.01. The lowest BCUT2D eigenvalue weighted by atomic mass is 10.2. The van der Waals surface area contributed by atoms with Crippen molar-refractivity contribution in [3.05, 3.63) is 35.9 Å². The van der Waals surface area contributed by atoms with Crippen LogP contribution in [0.25, 0.3) is 0 Å². The second kappa shape index (κ2) is 15.9. The third-order valence-corrected chi connectivity index (χ3v) is 3.65. The van der Waals surface area contributed by atoms with E-state index in [9.17, 15) is 0 Å². The zero-order chi connectivity index (χ0) is 18.0. The van der Waals surface area contributed by atoms with Crippen LogP contribution in [-0.4, -0.2) is 52.0 Å². The lowest BCUT2D eigenvalue weighted by molar-refractivity contribution is 0.136. The van der Waals surface area contributed by atoms with E-state index in [1.54, 1.807) is 0 Å². The van der Waals surface area contributed by atoms with Crippen molar-refractivity contribution in [1.29, 1.82) is 0 Å². The van der Waals surface area contributed by atoms with Gasteiger partial charge in [-0.3, -0.25) is 4.99 Å². The Hall–Kier alpha value is -1.59. The van der Waals surface area contributed by atoms with Crippen molar-refractivity contribution in [3.63, 3.8) is 0 Å². The van der Waals surface area contributed by atoms with Gasteiger partial charge >= 0.3 is 0 Å². The molecule has 0 heterocycles. The van der Waals surface area contributed by atoms with Crippen LogP contribution in [0.2, 0.25) is 0 Å². The average molecular weight is 350 g/mol. The Morgan fingerprint density at radius 3 is 2.48 bits per heavy atom. The summed E-state index contributed by atoms with van der Waals surface area (Å²) in [4.78, 5) is 4.59. The van der Waals surface area contributed by atoms with Crippen molar-refractivity contribution in [2.24, 2.45) is 4.99 Å². The van der Waals surface area contributed by atoms with Crippen molar-refractivity contribution >= 4 is 5.96 Å². The summed E-state index contributed by atoms with van der Waals surface area (Å²) in [5.41, 5.74) is 1.32. The first-order valence-electron chi connectivity index (χ1n) is 9.58. The summed E-state index contributed by atoms with van der Waals surface area (Å²) in [6.45, 7) is 9.84. The molecule has 5 nitrogen and oxygen atoms in total. The second-order valence-electron chi connectivity index (χ2n) is 5.79. The summed E-state index contributed by atoms with van der Waals surface area (Å²) < 4.78 is 11.0. The van der Waals surface area contributed by atoms with E-state index in [1.807, 2.05) is 13.0 Å². The van der Waals surface area contributed by atoms with Crippen LogP contribution in [0.5, 0.6) is 0 Å². The van der Waals surface area contributed by atoms with E-state index in [0.717, 1.165) is 77.7 Å². The van der Waals surface area contributed by atoms with Gasteiger partial charge in [0, 0.05) is 39.5 Å². The Morgan fingerprint density at radius 1 is 0.920 bits per heavy atom. The molecular weight excluding hydrogens is 314 g/mol. The Morgan fingerprint density at radius 2 is 1.72 bits per heavy atom. The molecule has 0 bridgehead atoms. The SMILES string of the molecule is CCNC(=NCCCOCCc1ccccc1)NCCCCOCC. The largest absolute Gasteiger partial charge is 0.382 e. The molecule has 142 valence electrons. The minimum atomic E-state index is 0.754. The summed E-state index contributed by atoms with van der Waals surface area (Å²) in [7, 11) is 0. The van der Waals surface area contributed by atoms with E-state index in [4.69, 9.17) is 9.47 Å². The van der Waals surface area contributed by atoms with Crippen LogP contribution in [0.3, 0.4) is 0 Å². The molecular formula is C20H35N3O2. The second-order valence-corrected chi connectivity index (χ2v) is 5.79. The number of guanidine groups is 1. The fourth-order valence-electron chi connectivity index (χ4n) is 2.32. The molecule has 0 aromatic heterocycles. The Labute approximate surface area is 153 Å². The first-order valence-corrected chi connectivity index (χ1v) is 9.58. The summed E-state index contributed by atoms with van der Waals surface area (Å²) >= 11 is 0. The summed E-state index contributed by atoms with van der Waals surface area (Å²) in [6, 6.07) is 10.4. The van der Waals surface area contributed by atoms with Gasteiger partial charge < -0.3 is 20.1 Å². The zero-order valence-electron chi connectivity index (χ0n) is 15.9. The van der Waals surface area contributed by atoms with Gasteiger partial charge in [0.2, 0.25) is 0 Å². The number of benzene rings is 1. The average Bonchev–Trinajstić information content (AvgIpc) is 2.64. The highest BCUT2D eigenvalue weighted by Gasteiger charge is 1.97. The van der Waals surface area contributed by atoms with Gasteiger partial charge in [0.1, 0.15) is 0 Å². The summed E-state index contributed by atoms with van der Waals surface area (Å²) in [5, 5.41) is 6.64. The van der Waals surface area contributed by atoms with Crippen molar-refractivity contribution in [3.8, 4) is 0 Å². The number of ether oxygens (including phenoxy) is 2. The van der Waals surface area contributed by atoms with Crippen LogP contribution in [0.1, 0.15) is 38.7 Å². The number of hydrogen-bond acceptors (Lipinski definition) is 3. The molecule has 0 aliphatic heterocycles. The monoisotopic (exact) mass is 349 g/mol. The standard InChI is InChI=1S/C20H35N3O2/c1-3-21-20(22-14-8-9-16-24-4-2)23-15-10-17-25-18-13-19-11-6-5-7-12-19/h5-7,11-12H,3-4,8-10,13-18H2,1-2H3,(H2,21,22,23).